The van der Waals surface area contributed by atoms with E-state index < -0.39 is 6.04 Å². The van der Waals surface area contributed by atoms with E-state index in [9.17, 15) is 9.59 Å². The number of carbonyl (C=O) groups is 2. The van der Waals surface area contributed by atoms with Crippen molar-refractivity contribution >= 4 is 34.3 Å². The topological polar surface area (TPSA) is 70.7 Å². The summed E-state index contributed by atoms with van der Waals surface area (Å²) in [7, 11) is 1.64. The monoisotopic (exact) mass is 477 g/mol. The third-order valence-electron chi connectivity index (χ3n) is 6.92. The maximum Gasteiger partial charge on any atom is 0.318 e. The van der Waals surface area contributed by atoms with Gasteiger partial charge in [-0.05, 0) is 70.8 Å². The van der Waals surface area contributed by atoms with Crippen molar-refractivity contribution in [3.63, 3.8) is 0 Å². The lowest BCUT2D eigenvalue weighted by Crippen LogP contribution is -2.51. The molecule has 0 aromatic heterocycles. The Morgan fingerprint density at radius 3 is 2.71 bits per heavy atom. The fourth-order valence-corrected chi connectivity index (χ4v) is 5.15. The van der Waals surface area contributed by atoms with Crippen LogP contribution < -0.4 is 15.4 Å². The summed E-state index contributed by atoms with van der Waals surface area (Å²) in [6.07, 6.45) is 1.74. The number of rotatable bonds is 7. The number of likely N-dealkylation sites (tertiary alicyclic amines) is 1. The Hall–Kier alpha value is -3.25. The molecule has 0 radical (unpaired) electrons. The third-order valence-corrected chi connectivity index (χ3v) is 7.15. The van der Waals surface area contributed by atoms with Crippen molar-refractivity contribution in [2.45, 2.75) is 25.4 Å². The molecule has 2 fully saturated rings. The molecule has 2 aliphatic rings. The fraction of sp³-hybridized carbons (Fsp3) is 0.333. The van der Waals surface area contributed by atoms with E-state index in [1.807, 2.05) is 60.7 Å². The van der Waals surface area contributed by atoms with Gasteiger partial charge in [0.1, 0.15) is 11.8 Å². The molecule has 6 nitrogen and oxygen atoms in total. The van der Waals surface area contributed by atoms with Gasteiger partial charge in [-0.25, -0.2) is 4.79 Å². The number of urea groups is 1. The molecule has 3 amide bonds. The molecule has 3 aromatic rings. The number of piperidine rings is 1. The van der Waals surface area contributed by atoms with E-state index in [-0.39, 0.29) is 17.9 Å². The summed E-state index contributed by atoms with van der Waals surface area (Å²) in [5.41, 5.74) is 2.12. The van der Waals surface area contributed by atoms with Gasteiger partial charge in [-0.15, -0.1) is 0 Å². The number of hydrogen-bond donors (Lipinski definition) is 2. The second-order valence-electron chi connectivity index (χ2n) is 9.09. The first kappa shape index (κ1) is 22.5. The van der Waals surface area contributed by atoms with Gasteiger partial charge in [0, 0.05) is 24.7 Å². The third kappa shape index (κ3) is 4.68. The van der Waals surface area contributed by atoms with Gasteiger partial charge in [0.05, 0.1) is 7.11 Å². The average molecular weight is 478 g/mol. The molecule has 0 spiro atoms. The zero-order valence-corrected chi connectivity index (χ0v) is 19.8. The highest BCUT2D eigenvalue weighted by atomic mass is 35.5. The lowest BCUT2D eigenvalue weighted by atomic mass is 10.0. The van der Waals surface area contributed by atoms with Crippen LogP contribution in [0.1, 0.15) is 17.5 Å². The number of hydrogen-bond acceptors (Lipinski definition) is 3. The predicted molar refractivity (Wildman–Crippen MR) is 133 cm³/mol. The summed E-state index contributed by atoms with van der Waals surface area (Å²) in [4.78, 5) is 27.8. The molecule has 1 saturated heterocycles. The van der Waals surface area contributed by atoms with Gasteiger partial charge >= 0.3 is 6.03 Å². The number of fused-ring (bicyclic) bond motifs is 2. The number of nitrogens with zero attached hydrogens (tertiary/aromatic N) is 1. The van der Waals surface area contributed by atoms with Crippen LogP contribution >= 0.6 is 11.6 Å². The summed E-state index contributed by atoms with van der Waals surface area (Å²) >= 11 is 6.18. The van der Waals surface area contributed by atoms with Gasteiger partial charge in [0.25, 0.3) is 0 Å². The zero-order valence-electron chi connectivity index (χ0n) is 19.1. The molecule has 1 saturated carbocycles. The number of carbonyl (C=O) groups excluding carboxylic acids is 2. The zero-order chi connectivity index (χ0) is 23.7. The minimum Gasteiger partial charge on any atom is -0.497 e. The van der Waals surface area contributed by atoms with Crippen LogP contribution in [0.5, 0.6) is 5.75 Å². The van der Waals surface area contributed by atoms with Crippen molar-refractivity contribution in [1.29, 1.82) is 0 Å². The molecule has 5 rings (SSSR count). The molecular formula is C27H28ClN3O3. The predicted octanol–water partition coefficient (Wildman–Crippen LogP) is 4.39. The van der Waals surface area contributed by atoms with E-state index in [1.165, 1.54) is 0 Å². The van der Waals surface area contributed by atoms with E-state index in [0.29, 0.717) is 30.6 Å². The lowest BCUT2D eigenvalue weighted by molar-refractivity contribution is -0.125. The number of nitrogens with one attached hydrogen (secondary N) is 2. The van der Waals surface area contributed by atoms with Gasteiger partial charge in [0.15, 0.2) is 0 Å². The van der Waals surface area contributed by atoms with Gasteiger partial charge < -0.3 is 20.3 Å². The van der Waals surface area contributed by atoms with Crippen LogP contribution in [-0.2, 0) is 17.8 Å². The highest BCUT2D eigenvalue weighted by Crippen LogP contribution is 2.49. The summed E-state index contributed by atoms with van der Waals surface area (Å²) in [6, 6.07) is 19.0. The number of amides is 3. The van der Waals surface area contributed by atoms with Crippen molar-refractivity contribution < 1.29 is 14.3 Å². The Morgan fingerprint density at radius 1 is 1.09 bits per heavy atom. The van der Waals surface area contributed by atoms with Crippen LogP contribution in [0.2, 0.25) is 5.02 Å². The Kier molecular flexibility index (Phi) is 6.33. The Bertz CT molecular complexity index is 1210. The SMILES string of the molecule is COc1ccc(CCNC(=O)C2C3CC3CN2C(=O)NCc2cccc3ccc(Cl)cc23)cc1. The second-order valence-corrected chi connectivity index (χ2v) is 9.52. The summed E-state index contributed by atoms with van der Waals surface area (Å²) in [5, 5.41) is 8.83. The smallest absolute Gasteiger partial charge is 0.318 e. The molecule has 1 aliphatic carbocycles. The summed E-state index contributed by atoms with van der Waals surface area (Å²) in [6.45, 7) is 1.55. The quantitative estimate of drug-likeness (QED) is 0.530. The van der Waals surface area contributed by atoms with Crippen molar-refractivity contribution in [3.8, 4) is 5.75 Å². The van der Waals surface area contributed by atoms with Crippen LogP contribution in [-0.4, -0.2) is 43.1 Å². The highest BCUT2D eigenvalue weighted by molar-refractivity contribution is 6.31. The molecule has 0 bridgehead atoms. The molecule has 1 heterocycles. The average Bonchev–Trinajstić information content (AvgIpc) is 3.51. The van der Waals surface area contributed by atoms with Crippen molar-refractivity contribution in [2.75, 3.05) is 20.2 Å². The second kappa shape index (κ2) is 9.55. The number of ether oxygens (including phenoxy) is 1. The van der Waals surface area contributed by atoms with Crippen molar-refractivity contribution in [3.05, 3.63) is 76.8 Å². The minimum absolute atomic E-state index is 0.0643. The summed E-state index contributed by atoms with van der Waals surface area (Å²) in [5.74, 6) is 1.44. The fourth-order valence-electron chi connectivity index (χ4n) is 4.97. The number of halogens is 1. The lowest BCUT2D eigenvalue weighted by Gasteiger charge is -2.27. The molecule has 1 aliphatic heterocycles. The van der Waals surface area contributed by atoms with E-state index in [2.05, 4.69) is 10.6 Å². The molecule has 3 atom stereocenters. The standard InChI is InChI=1S/C27H28ClN3O3/c1-34-22-9-5-17(6-10-22)11-12-29-26(32)25-24-13-20(24)16-31(25)27(33)30-15-19-4-2-3-18-7-8-21(28)14-23(18)19/h2-10,14,20,24-25H,11-13,15-16H2,1H3,(H,29,32)(H,30,33). The minimum atomic E-state index is -0.400. The van der Waals surface area contributed by atoms with Gasteiger partial charge in [0.2, 0.25) is 5.91 Å². The normalized spacial score (nSPS) is 20.6. The van der Waals surface area contributed by atoms with E-state index >= 15 is 0 Å². The van der Waals surface area contributed by atoms with Crippen LogP contribution in [0, 0.1) is 11.8 Å². The van der Waals surface area contributed by atoms with Gasteiger partial charge in [-0.1, -0.05) is 48.0 Å². The first-order valence-electron chi connectivity index (χ1n) is 11.7. The molecule has 7 heteroatoms. The van der Waals surface area contributed by atoms with Gasteiger partial charge in [-0.2, -0.15) is 0 Å². The first-order valence-corrected chi connectivity index (χ1v) is 12.0. The van der Waals surface area contributed by atoms with E-state index in [1.54, 1.807) is 12.0 Å². The molecule has 34 heavy (non-hydrogen) atoms. The van der Waals surface area contributed by atoms with E-state index in [0.717, 1.165) is 40.5 Å². The Morgan fingerprint density at radius 2 is 1.91 bits per heavy atom. The molecule has 176 valence electrons. The summed E-state index contributed by atoms with van der Waals surface area (Å²) < 4.78 is 5.19. The maximum atomic E-state index is 13.1. The first-order chi connectivity index (χ1) is 16.5. The largest absolute Gasteiger partial charge is 0.497 e. The Labute approximate surface area is 204 Å². The van der Waals surface area contributed by atoms with Crippen LogP contribution in [0.15, 0.2) is 60.7 Å². The van der Waals surface area contributed by atoms with Crippen molar-refractivity contribution in [1.82, 2.24) is 15.5 Å². The maximum absolute atomic E-state index is 13.1. The van der Waals surface area contributed by atoms with Crippen LogP contribution in [0.3, 0.4) is 0 Å². The highest BCUT2D eigenvalue weighted by Gasteiger charge is 2.56. The Balaban J connectivity index is 1.18. The van der Waals surface area contributed by atoms with E-state index in [4.69, 9.17) is 16.3 Å². The molecule has 3 aromatic carbocycles. The van der Waals surface area contributed by atoms with Crippen molar-refractivity contribution in [2.24, 2.45) is 11.8 Å². The number of benzene rings is 3. The molecular weight excluding hydrogens is 450 g/mol. The molecule has 3 unspecified atom stereocenters. The van der Waals surface area contributed by atoms with Crippen LogP contribution in [0.25, 0.3) is 10.8 Å². The van der Waals surface area contributed by atoms with Gasteiger partial charge in [-0.3, -0.25) is 4.79 Å². The number of methoxy groups -OCH3 is 1. The molecule has 2 N–H and O–H groups in total. The van der Waals surface area contributed by atoms with Crippen LogP contribution in [0.4, 0.5) is 4.79 Å².